The van der Waals surface area contributed by atoms with Crippen molar-refractivity contribution in [2.24, 2.45) is 5.73 Å². The summed E-state index contributed by atoms with van der Waals surface area (Å²) in [7, 11) is 1.73. The van der Waals surface area contributed by atoms with E-state index in [0.717, 1.165) is 5.56 Å². The Hall–Kier alpha value is -1.61. The molecular weight excluding hydrogens is 200 g/mol. The van der Waals surface area contributed by atoms with Crippen LogP contribution in [0.1, 0.15) is 5.56 Å². The topological polar surface area (TPSA) is 46.3 Å². The largest absolute Gasteiger partial charge is 0.341 e. The second kappa shape index (κ2) is 6.08. The van der Waals surface area contributed by atoms with Crippen molar-refractivity contribution in [3.05, 3.63) is 48.6 Å². The summed E-state index contributed by atoms with van der Waals surface area (Å²) in [4.78, 5) is 13.4. The van der Waals surface area contributed by atoms with Gasteiger partial charge in [0, 0.05) is 13.6 Å². The van der Waals surface area contributed by atoms with Gasteiger partial charge in [-0.25, -0.2) is 0 Å². The van der Waals surface area contributed by atoms with Gasteiger partial charge in [0.2, 0.25) is 5.91 Å². The van der Waals surface area contributed by atoms with Gasteiger partial charge in [0.15, 0.2) is 0 Å². The number of hydrogen-bond acceptors (Lipinski definition) is 2. The molecule has 1 atom stereocenters. The number of benzene rings is 1. The number of likely N-dealkylation sites (N-methyl/N-ethyl adjacent to an activating group) is 1. The van der Waals surface area contributed by atoms with Crippen LogP contribution in [-0.4, -0.2) is 30.4 Å². The molecule has 0 heterocycles. The van der Waals surface area contributed by atoms with Crippen LogP contribution in [0.2, 0.25) is 0 Å². The van der Waals surface area contributed by atoms with Gasteiger partial charge < -0.3 is 10.6 Å². The maximum atomic E-state index is 11.8. The summed E-state index contributed by atoms with van der Waals surface area (Å²) in [5.41, 5.74) is 6.93. The van der Waals surface area contributed by atoms with E-state index < -0.39 is 6.04 Å². The number of nitrogens with two attached hydrogens (primary N) is 1. The van der Waals surface area contributed by atoms with Crippen LogP contribution in [0.3, 0.4) is 0 Å². The second-order valence-electron chi connectivity index (χ2n) is 3.80. The summed E-state index contributed by atoms with van der Waals surface area (Å²) in [6.45, 7) is 4.12. The minimum absolute atomic E-state index is 0.0521. The van der Waals surface area contributed by atoms with Crippen molar-refractivity contribution in [1.29, 1.82) is 0 Å². The third-order valence-corrected chi connectivity index (χ3v) is 2.39. The van der Waals surface area contributed by atoms with E-state index in [1.54, 1.807) is 18.0 Å². The first kappa shape index (κ1) is 12.5. The van der Waals surface area contributed by atoms with Crippen molar-refractivity contribution in [2.75, 3.05) is 13.6 Å². The first-order valence-corrected chi connectivity index (χ1v) is 5.30. The normalized spacial score (nSPS) is 11.9. The van der Waals surface area contributed by atoms with Gasteiger partial charge in [-0.15, -0.1) is 6.58 Å². The number of amides is 1. The van der Waals surface area contributed by atoms with E-state index in [0.29, 0.717) is 13.0 Å². The zero-order chi connectivity index (χ0) is 12.0. The van der Waals surface area contributed by atoms with E-state index in [2.05, 4.69) is 6.58 Å². The van der Waals surface area contributed by atoms with Crippen LogP contribution in [0, 0.1) is 0 Å². The highest BCUT2D eigenvalue weighted by Gasteiger charge is 2.17. The molecule has 0 bridgehead atoms. The molecule has 3 nitrogen and oxygen atoms in total. The van der Waals surface area contributed by atoms with Gasteiger partial charge in [0.1, 0.15) is 0 Å². The van der Waals surface area contributed by atoms with Crippen LogP contribution in [-0.2, 0) is 11.2 Å². The highest BCUT2D eigenvalue weighted by molar-refractivity contribution is 5.81. The van der Waals surface area contributed by atoms with Crippen molar-refractivity contribution >= 4 is 5.91 Å². The highest BCUT2D eigenvalue weighted by atomic mass is 16.2. The Morgan fingerprint density at radius 3 is 2.69 bits per heavy atom. The third kappa shape index (κ3) is 3.51. The molecule has 0 aliphatic rings. The highest BCUT2D eigenvalue weighted by Crippen LogP contribution is 2.03. The van der Waals surface area contributed by atoms with Gasteiger partial charge in [-0.2, -0.15) is 0 Å². The lowest BCUT2D eigenvalue weighted by Gasteiger charge is -2.19. The molecule has 1 unspecified atom stereocenters. The minimum atomic E-state index is -0.479. The molecule has 1 aromatic carbocycles. The summed E-state index contributed by atoms with van der Waals surface area (Å²) >= 11 is 0. The molecule has 0 aliphatic heterocycles. The van der Waals surface area contributed by atoms with Crippen molar-refractivity contribution in [3.63, 3.8) is 0 Å². The lowest BCUT2D eigenvalue weighted by atomic mass is 10.1. The van der Waals surface area contributed by atoms with Gasteiger partial charge in [-0.05, 0) is 12.0 Å². The molecule has 16 heavy (non-hydrogen) atoms. The number of carbonyl (C=O) groups excluding carboxylic acids is 1. The maximum absolute atomic E-state index is 11.8. The Morgan fingerprint density at radius 1 is 1.50 bits per heavy atom. The summed E-state index contributed by atoms with van der Waals surface area (Å²) < 4.78 is 0. The van der Waals surface area contributed by atoms with Gasteiger partial charge in [-0.3, -0.25) is 4.79 Å². The number of nitrogens with zero attached hydrogens (tertiary/aromatic N) is 1. The summed E-state index contributed by atoms with van der Waals surface area (Å²) in [6.07, 6.45) is 2.26. The average molecular weight is 218 g/mol. The van der Waals surface area contributed by atoms with Crippen LogP contribution in [0.4, 0.5) is 0 Å². The van der Waals surface area contributed by atoms with E-state index >= 15 is 0 Å². The Bertz CT molecular complexity index is 348. The van der Waals surface area contributed by atoms with Crippen LogP contribution >= 0.6 is 0 Å². The standard InChI is InChI=1S/C13H18N2O/c1-3-9-15(2)13(16)12(14)10-11-7-5-4-6-8-11/h3-8,12H,1,9-10,14H2,2H3. The summed E-state index contributed by atoms with van der Waals surface area (Å²) in [5, 5.41) is 0. The number of carbonyl (C=O) groups is 1. The molecule has 0 aromatic heterocycles. The Kier molecular flexibility index (Phi) is 4.73. The van der Waals surface area contributed by atoms with Gasteiger partial charge >= 0.3 is 0 Å². The van der Waals surface area contributed by atoms with Gasteiger partial charge in [-0.1, -0.05) is 36.4 Å². The van der Waals surface area contributed by atoms with E-state index in [-0.39, 0.29) is 5.91 Å². The zero-order valence-electron chi connectivity index (χ0n) is 9.60. The molecule has 1 aromatic rings. The molecule has 0 spiro atoms. The lowest BCUT2D eigenvalue weighted by molar-refractivity contribution is -0.130. The number of rotatable bonds is 5. The van der Waals surface area contributed by atoms with E-state index in [9.17, 15) is 4.79 Å². The second-order valence-corrected chi connectivity index (χ2v) is 3.80. The molecule has 0 radical (unpaired) electrons. The molecule has 0 saturated heterocycles. The van der Waals surface area contributed by atoms with Crippen molar-refractivity contribution in [3.8, 4) is 0 Å². The fourth-order valence-electron chi connectivity index (χ4n) is 1.52. The summed E-state index contributed by atoms with van der Waals surface area (Å²) in [5.74, 6) is -0.0521. The fraction of sp³-hybridized carbons (Fsp3) is 0.308. The first-order valence-electron chi connectivity index (χ1n) is 5.30. The zero-order valence-corrected chi connectivity index (χ0v) is 9.60. The van der Waals surface area contributed by atoms with E-state index in [1.807, 2.05) is 30.3 Å². The lowest BCUT2D eigenvalue weighted by Crippen LogP contribution is -2.43. The molecule has 0 fully saturated rings. The average Bonchev–Trinajstić information content (AvgIpc) is 2.29. The molecule has 0 aliphatic carbocycles. The molecule has 2 N–H and O–H groups in total. The molecule has 3 heteroatoms. The SMILES string of the molecule is C=CCN(C)C(=O)C(N)Cc1ccccc1. The monoisotopic (exact) mass is 218 g/mol. The van der Waals surface area contributed by atoms with Gasteiger partial charge in [0.25, 0.3) is 0 Å². The third-order valence-electron chi connectivity index (χ3n) is 2.39. The Labute approximate surface area is 96.6 Å². The fourth-order valence-corrected chi connectivity index (χ4v) is 1.52. The smallest absolute Gasteiger partial charge is 0.239 e. The van der Waals surface area contributed by atoms with Crippen LogP contribution < -0.4 is 5.73 Å². The van der Waals surface area contributed by atoms with E-state index in [4.69, 9.17) is 5.73 Å². The number of hydrogen-bond donors (Lipinski definition) is 1. The molecule has 1 rings (SSSR count). The van der Waals surface area contributed by atoms with Crippen LogP contribution in [0.15, 0.2) is 43.0 Å². The predicted molar refractivity (Wildman–Crippen MR) is 66.0 cm³/mol. The predicted octanol–water partition coefficient (Wildman–Crippen LogP) is 1.20. The first-order chi connectivity index (χ1) is 7.65. The Balaban J connectivity index is 2.55. The maximum Gasteiger partial charge on any atom is 0.239 e. The minimum Gasteiger partial charge on any atom is -0.341 e. The van der Waals surface area contributed by atoms with Crippen molar-refractivity contribution in [1.82, 2.24) is 4.90 Å². The summed E-state index contributed by atoms with van der Waals surface area (Å²) in [6, 6.07) is 9.30. The van der Waals surface area contributed by atoms with Crippen LogP contribution in [0.25, 0.3) is 0 Å². The molecule has 1 amide bonds. The van der Waals surface area contributed by atoms with Crippen molar-refractivity contribution < 1.29 is 4.79 Å². The van der Waals surface area contributed by atoms with Gasteiger partial charge in [0.05, 0.1) is 6.04 Å². The Morgan fingerprint density at radius 2 is 2.12 bits per heavy atom. The van der Waals surface area contributed by atoms with Crippen molar-refractivity contribution in [2.45, 2.75) is 12.5 Å². The quantitative estimate of drug-likeness (QED) is 0.755. The molecule has 0 saturated carbocycles. The molecule has 86 valence electrons. The molecular formula is C13H18N2O. The van der Waals surface area contributed by atoms with E-state index in [1.165, 1.54) is 0 Å². The van der Waals surface area contributed by atoms with Crippen LogP contribution in [0.5, 0.6) is 0 Å².